The van der Waals surface area contributed by atoms with Crippen LogP contribution in [0.2, 0.25) is 0 Å². The molecule has 232 valence electrons. The first-order chi connectivity index (χ1) is 23.0. The Morgan fingerprint density at radius 1 is 0.915 bits per heavy atom. The first kappa shape index (κ1) is 30.1. The highest BCUT2D eigenvalue weighted by atomic mass is 32.1. The first-order valence-electron chi connectivity index (χ1n) is 15.2. The molecule has 47 heavy (non-hydrogen) atoms. The molecule has 6 nitrogen and oxygen atoms in total. The second-order valence-corrected chi connectivity index (χ2v) is 12.0. The summed E-state index contributed by atoms with van der Waals surface area (Å²) >= 11 is 1.23. The van der Waals surface area contributed by atoms with Crippen LogP contribution in [-0.2, 0) is 16.1 Å². The summed E-state index contributed by atoms with van der Waals surface area (Å²) in [4.78, 5) is 33.0. The number of benzene rings is 5. The molecule has 0 bridgehead atoms. The zero-order chi connectivity index (χ0) is 32.3. The lowest BCUT2D eigenvalue weighted by atomic mass is 9.93. The lowest BCUT2D eigenvalue weighted by molar-refractivity contribution is -0.138. The number of aromatic nitrogens is 1. The fourth-order valence-electron chi connectivity index (χ4n) is 5.83. The van der Waals surface area contributed by atoms with E-state index in [0.717, 1.165) is 21.9 Å². The summed E-state index contributed by atoms with van der Waals surface area (Å²) in [7, 11) is 0. The molecule has 7 rings (SSSR count). The van der Waals surface area contributed by atoms with Crippen molar-refractivity contribution in [2.24, 2.45) is 4.99 Å². The maximum absolute atomic E-state index is 14.2. The second-order valence-electron chi connectivity index (χ2n) is 11.0. The fourth-order valence-corrected chi connectivity index (χ4v) is 6.83. The predicted molar refractivity (Wildman–Crippen MR) is 182 cm³/mol. The van der Waals surface area contributed by atoms with E-state index < -0.39 is 17.8 Å². The molecule has 1 atom stereocenters. The minimum Gasteiger partial charge on any atom is -0.489 e. The van der Waals surface area contributed by atoms with Gasteiger partial charge in [0.05, 0.1) is 28.5 Å². The molecule has 1 aliphatic rings. The number of rotatable bonds is 8. The van der Waals surface area contributed by atoms with Crippen molar-refractivity contribution >= 4 is 39.9 Å². The topological polar surface area (TPSA) is 69.9 Å². The van der Waals surface area contributed by atoms with Crippen molar-refractivity contribution in [1.82, 2.24) is 4.57 Å². The van der Waals surface area contributed by atoms with E-state index in [1.165, 1.54) is 28.0 Å². The van der Waals surface area contributed by atoms with Gasteiger partial charge in [-0.15, -0.1) is 0 Å². The molecule has 0 saturated heterocycles. The number of hydrogen-bond donors (Lipinski definition) is 0. The zero-order valence-corrected chi connectivity index (χ0v) is 26.2. The Balaban J connectivity index is 1.32. The highest BCUT2D eigenvalue weighted by molar-refractivity contribution is 7.07. The van der Waals surface area contributed by atoms with Gasteiger partial charge in [-0.1, -0.05) is 108 Å². The van der Waals surface area contributed by atoms with Gasteiger partial charge in [0.25, 0.3) is 5.56 Å². The molecular formula is C39H29FN2O4S. The molecule has 0 N–H and O–H groups in total. The van der Waals surface area contributed by atoms with Gasteiger partial charge in [0, 0.05) is 5.56 Å². The molecule has 0 spiro atoms. The number of fused-ring (bicyclic) bond motifs is 2. The number of carbonyl (C=O) groups excluding carboxylic acids is 1. The van der Waals surface area contributed by atoms with Crippen LogP contribution < -0.4 is 19.6 Å². The monoisotopic (exact) mass is 640 g/mol. The molecular weight excluding hydrogens is 612 g/mol. The zero-order valence-electron chi connectivity index (χ0n) is 25.4. The maximum atomic E-state index is 14.2. The smallest absolute Gasteiger partial charge is 0.338 e. The lowest BCUT2D eigenvalue weighted by Gasteiger charge is -2.25. The van der Waals surface area contributed by atoms with Crippen LogP contribution in [0.4, 0.5) is 4.39 Å². The van der Waals surface area contributed by atoms with Crippen LogP contribution in [0.5, 0.6) is 5.75 Å². The molecule has 0 radical (unpaired) electrons. The molecule has 0 fully saturated rings. The van der Waals surface area contributed by atoms with Gasteiger partial charge in [-0.25, -0.2) is 14.2 Å². The maximum Gasteiger partial charge on any atom is 0.338 e. The van der Waals surface area contributed by atoms with Crippen LogP contribution in [0.1, 0.15) is 35.2 Å². The lowest BCUT2D eigenvalue weighted by Crippen LogP contribution is -2.40. The normalized spacial score (nSPS) is 14.5. The van der Waals surface area contributed by atoms with Gasteiger partial charge in [0.1, 0.15) is 18.2 Å². The van der Waals surface area contributed by atoms with Crippen LogP contribution in [0.25, 0.3) is 22.5 Å². The average Bonchev–Trinajstić information content (AvgIpc) is 3.41. The van der Waals surface area contributed by atoms with E-state index in [9.17, 15) is 14.0 Å². The Bertz CT molecular complexity index is 2320. The number of hydrogen-bond acceptors (Lipinski definition) is 6. The molecule has 1 unspecified atom stereocenters. The standard InChI is InChI=1S/C39H29FN2O4S/c1-2-45-38(44)34-35(27-12-4-3-5-13-27)41-39-42(36(34)28-18-20-30(40)21-19-28)37(43)33(47-39)23-25-10-8-16-31(22-25)46-24-29-15-9-14-26-11-6-7-17-32(26)29/h3-23,36H,2,24H2,1H3/b33-23-. The number of ether oxygens (including phenoxy) is 2. The van der Waals surface area contributed by atoms with Gasteiger partial charge in [-0.05, 0) is 64.7 Å². The summed E-state index contributed by atoms with van der Waals surface area (Å²) in [6.45, 7) is 2.26. The number of thiazole rings is 1. The third-order valence-electron chi connectivity index (χ3n) is 7.99. The highest BCUT2D eigenvalue weighted by Crippen LogP contribution is 2.35. The van der Waals surface area contributed by atoms with Crippen LogP contribution in [0, 0.1) is 5.82 Å². The Hall–Kier alpha value is -5.60. The molecule has 5 aromatic carbocycles. The molecule has 8 heteroatoms. The minimum absolute atomic E-state index is 0.143. The molecule has 1 aliphatic heterocycles. The largest absolute Gasteiger partial charge is 0.489 e. The summed E-state index contributed by atoms with van der Waals surface area (Å²) in [5.74, 6) is -0.344. The highest BCUT2D eigenvalue weighted by Gasteiger charge is 2.35. The van der Waals surface area contributed by atoms with E-state index in [2.05, 4.69) is 24.3 Å². The van der Waals surface area contributed by atoms with Crippen molar-refractivity contribution in [2.75, 3.05) is 6.61 Å². The van der Waals surface area contributed by atoms with Gasteiger partial charge >= 0.3 is 5.97 Å². The summed E-state index contributed by atoms with van der Waals surface area (Å²) in [6.07, 6.45) is 1.80. The van der Waals surface area contributed by atoms with Gasteiger partial charge < -0.3 is 9.47 Å². The van der Waals surface area contributed by atoms with Crippen LogP contribution >= 0.6 is 11.3 Å². The van der Waals surface area contributed by atoms with Crippen LogP contribution in [0.3, 0.4) is 0 Å². The van der Waals surface area contributed by atoms with Crippen molar-refractivity contribution < 1.29 is 18.7 Å². The van der Waals surface area contributed by atoms with Crippen LogP contribution in [-0.4, -0.2) is 17.1 Å². The van der Waals surface area contributed by atoms with E-state index in [0.29, 0.717) is 38.5 Å². The fraction of sp³-hybridized carbons (Fsp3) is 0.103. The van der Waals surface area contributed by atoms with E-state index in [1.807, 2.05) is 72.8 Å². The Labute approximate surface area is 274 Å². The van der Waals surface area contributed by atoms with Gasteiger partial charge in [0.15, 0.2) is 4.80 Å². The number of carbonyl (C=O) groups is 1. The third kappa shape index (κ3) is 6.03. The van der Waals surface area contributed by atoms with Crippen molar-refractivity contribution in [1.29, 1.82) is 0 Å². The predicted octanol–water partition coefficient (Wildman–Crippen LogP) is 6.81. The van der Waals surface area contributed by atoms with E-state index in [-0.39, 0.29) is 17.7 Å². The van der Waals surface area contributed by atoms with Crippen molar-refractivity contribution in [2.45, 2.75) is 19.6 Å². The molecule has 1 aromatic heterocycles. The average molecular weight is 641 g/mol. The Morgan fingerprint density at radius 2 is 1.66 bits per heavy atom. The minimum atomic E-state index is -0.876. The molecule has 0 aliphatic carbocycles. The van der Waals surface area contributed by atoms with Crippen LogP contribution in [0.15, 0.2) is 137 Å². The van der Waals surface area contributed by atoms with E-state index >= 15 is 0 Å². The molecule has 2 heterocycles. The Kier molecular flexibility index (Phi) is 8.33. The number of esters is 1. The van der Waals surface area contributed by atoms with E-state index in [4.69, 9.17) is 14.5 Å². The van der Waals surface area contributed by atoms with Gasteiger partial charge in [-0.2, -0.15) is 0 Å². The molecule has 0 amide bonds. The van der Waals surface area contributed by atoms with Gasteiger partial charge in [0.2, 0.25) is 0 Å². The summed E-state index contributed by atoms with van der Waals surface area (Å²) in [5, 5.41) is 2.29. The first-order valence-corrected chi connectivity index (χ1v) is 16.1. The summed E-state index contributed by atoms with van der Waals surface area (Å²) < 4.78 is 27.7. The summed E-state index contributed by atoms with van der Waals surface area (Å²) in [6, 6.07) is 36.2. The number of nitrogens with zero attached hydrogens (tertiary/aromatic N) is 2. The SMILES string of the molecule is CCOC(=O)C1=C(c2ccccc2)N=c2s/c(=C\c3cccc(OCc4cccc5ccccc45)c3)c(=O)n2C1c1ccc(F)cc1. The van der Waals surface area contributed by atoms with Crippen molar-refractivity contribution in [3.63, 3.8) is 0 Å². The quantitative estimate of drug-likeness (QED) is 0.172. The molecule has 0 saturated carbocycles. The van der Waals surface area contributed by atoms with Crippen molar-refractivity contribution in [3.8, 4) is 5.75 Å². The molecule has 6 aromatic rings. The van der Waals surface area contributed by atoms with Gasteiger partial charge in [-0.3, -0.25) is 9.36 Å². The van der Waals surface area contributed by atoms with Crippen molar-refractivity contribution in [3.05, 3.63) is 175 Å². The second kappa shape index (κ2) is 13.0. The van der Waals surface area contributed by atoms with E-state index in [1.54, 1.807) is 25.1 Å². The Morgan fingerprint density at radius 3 is 2.47 bits per heavy atom. The number of halogens is 1. The summed E-state index contributed by atoms with van der Waals surface area (Å²) in [5.41, 5.74) is 3.43. The third-order valence-corrected chi connectivity index (χ3v) is 8.97.